The SMILES string of the molecule is Cc1ccc2cc(C(N)CN3CCNCC3)ccc2c1. The lowest BCUT2D eigenvalue weighted by Gasteiger charge is -2.29. The van der Waals surface area contributed by atoms with Crippen LogP contribution in [0.15, 0.2) is 36.4 Å². The van der Waals surface area contributed by atoms with E-state index in [-0.39, 0.29) is 6.04 Å². The second-order valence-corrected chi connectivity index (χ2v) is 5.77. The summed E-state index contributed by atoms with van der Waals surface area (Å²) >= 11 is 0. The van der Waals surface area contributed by atoms with Crippen LogP contribution in [-0.4, -0.2) is 37.6 Å². The van der Waals surface area contributed by atoms with E-state index < -0.39 is 0 Å². The van der Waals surface area contributed by atoms with Gasteiger partial charge in [0.05, 0.1) is 0 Å². The fourth-order valence-corrected chi connectivity index (χ4v) is 2.89. The number of hydrogen-bond acceptors (Lipinski definition) is 3. The van der Waals surface area contributed by atoms with Crippen molar-refractivity contribution >= 4 is 10.8 Å². The van der Waals surface area contributed by atoms with Crippen molar-refractivity contribution < 1.29 is 0 Å². The highest BCUT2D eigenvalue weighted by Crippen LogP contribution is 2.21. The van der Waals surface area contributed by atoms with Crippen LogP contribution in [-0.2, 0) is 0 Å². The van der Waals surface area contributed by atoms with Crippen LogP contribution in [0.3, 0.4) is 0 Å². The van der Waals surface area contributed by atoms with Gasteiger partial charge < -0.3 is 11.1 Å². The van der Waals surface area contributed by atoms with Crippen molar-refractivity contribution in [2.75, 3.05) is 32.7 Å². The fraction of sp³-hybridized carbons (Fsp3) is 0.412. The quantitative estimate of drug-likeness (QED) is 0.896. The summed E-state index contributed by atoms with van der Waals surface area (Å²) in [7, 11) is 0. The predicted molar refractivity (Wildman–Crippen MR) is 84.9 cm³/mol. The molecule has 0 spiro atoms. The third-order valence-electron chi connectivity index (χ3n) is 4.11. The van der Waals surface area contributed by atoms with Gasteiger partial charge in [0.25, 0.3) is 0 Å². The summed E-state index contributed by atoms with van der Waals surface area (Å²) in [5, 5.41) is 5.95. The van der Waals surface area contributed by atoms with Crippen LogP contribution in [0.2, 0.25) is 0 Å². The Kier molecular flexibility index (Phi) is 4.01. The Morgan fingerprint density at radius 1 is 1.10 bits per heavy atom. The summed E-state index contributed by atoms with van der Waals surface area (Å²) in [6.07, 6.45) is 0. The smallest absolute Gasteiger partial charge is 0.0424 e. The van der Waals surface area contributed by atoms with Gasteiger partial charge in [-0.2, -0.15) is 0 Å². The topological polar surface area (TPSA) is 41.3 Å². The number of nitrogens with zero attached hydrogens (tertiary/aromatic N) is 1. The van der Waals surface area contributed by atoms with E-state index in [0.717, 1.165) is 32.7 Å². The molecule has 1 atom stereocenters. The number of benzene rings is 2. The van der Waals surface area contributed by atoms with Gasteiger partial charge in [-0.1, -0.05) is 35.9 Å². The number of rotatable bonds is 3. The molecule has 1 fully saturated rings. The lowest BCUT2D eigenvalue weighted by Crippen LogP contribution is -2.45. The van der Waals surface area contributed by atoms with Gasteiger partial charge in [0, 0.05) is 38.8 Å². The van der Waals surface area contributed by atoms with Gasteiger partial charge in [-0.25, -0.2) is 0 Å². The Morgan fingerprint density at radius 2 is 1.80 bits per heavy atom. The van der Waals surface area contributed by atoms with Crippen molar-refractivity contribution in [3.05, 3.63) is 47.5 Å². The zero-order valence-corrected chi connectivity index (χ0v) is 12.1. The molecule has 1 aliphatic heterocycles. The molecule has 0 bridgehead atoms. The molecule has 0 saturated carbocycles. The second-order valence-electron chi connectivity index (χ2n) is 5.77. The zero-order valence-electron chi connectivity index (χ0n) is 12.1. The van der Waals surface area contributed by atoms with E-state index in [0.29, 0.717) is 0 Å². The monoisotopic (exact) mass is 269 g/mol. The highest BCUT2D eigenvalue weighted by molar-refractivity contribution is 5.83. The standard InChI is InChI=1S/C17H23N3/c1-13-2-3-15-11-16(5-4-14(15)10-13)17(18)12-20-8-6-19-7-9-20/h2-5,10-11,17,19H,6-9,12,18H2,1H3. The molecule has 1 heterocycles. The summed E-state index contributed by atoms with van der Waals surface area (Å²) in [6.45, 7) is 7.41. The lowest BCUT2D eigenvalue weighted by atomic mass is 10.0. The number of piperazine rings is 1. The number of hydrogen-bond donors (Lipinski definition) is 2. The summed E-state index contributed by atoms with van der Waals surface area (Å²) in [6, 6.07) is 13.3. The van der Waals surface area contributed by atoms with E-state index in [1.54, 1.807) is 0 Å². The average molecular weight is 269 g/mol. The molecule has 3 heteroatoms. The van der Waals surface area contributed by atoms with E-state index in [9.17, 15) is 0 Å². The van der Waals surface area contributed by atoms with Crippen LogP contribution in [0.4, 0.5) is 0 Å². The van der Waals surface area contributed by atoms with Crippen LogP contribution in [0.1, 0.15) is 17.2 Å². The third kappa shape index (κ3) is 3.01. The van der Waals surface area contributed by atoms with Gasteiger partial charge in [0.15, 0.2) is 0 Å². The van der Waals surface area contributed by atoms with Crippen molar-refractivity contribution in [1.82, 2.24) is 10.2 Å². The molecule has 3 nitrogen and oxygen atoms in total. The van der Waals surface area contributed by atoms with Crippen molar-refractivity contribution in [3.8, 4) is 0 Å². The number of fused-ring (bicyclic) bond motifs is 1. The van der Waals surface area contributed by atoms with E-state index in [4.69, 9.17) is 5.73 Å². The molecule has 3 N–H and O–H groups in total. The van der Waals surface area contributed by atoms with Crippen LogP contribution in [0, 0.1) is 6.92 Å². The van der Waals surface area contributed by atoms with Gasteiger partial charge in [0.1, 0.15) is 0 Å². The minimum absolute atomic E-state index is 0.0961. The molecule has 2 aromatic carbocycles. The van der Waals surface area contributed by atoms with Gasteiger partial charge in [-0.3, -0.25) is 4.90 Å². The molecule has 3 rings (SSSR count). The Hall–Kier alpha value is -1.42. The average Bonchev–Trinajstić information content (AvgIpc) is 2.47. The molecule has 0 amide bonds. The number of aryl methyl sites for hydroxylation is 1. The maximum Gasteiger partial charge on any atom is 0.0424 e. The fourth-order valence-electron chi connectivity index (χ4n) is 2.89. The zero-order chi connectivity index (χ0) is 13.9. The Balaban J connectivity index is 1.76. The first-order valence-corrected chi connectivity index (χ1v) is 7.41. The molecule has 20 heavy (non-hydrogen) atoms. The van der Waals surface area contributed by atoms with Crippen molar-refractivity contribution in [2.24, 2.45) is 5.73 Å². The molecule has 0 radical (unpaired) electrons. The first kappa shape index (κ1) is 13.6. The predicted octanol–water partition coefficient (Wildman–Crippen LogP) is 2.05. The third-order valence-corrected chi connectivity index (χ3v) is 4.11. The normalized spacial score (nSPS) is 18.3. The molecular weight excluding hydrogens is 246 g/mol. The lowest BCUT2D eigenvalue weighted by molar-refractivity contribution is 0.228. The van der Waals surface area contributed by atoms with E-state index in [2.05, 4.69) is 53.5 Å². The Bertz CT molecular complexity index is 588. The molecular formula is C17H23N3. The largest absolute Gasteiger partial charge is 0.323 e. The van der Waals surface area contributed by atoms with Crippen molar-refractivity contribution in [3.63, 3.8) is 0 Å². The molecule has 0 aromatic heterocycles. The molecule has 1 unspecified atom stereocenters. The molecule has 2 aromatic rings. The van der Waals surface area contributed by atoms with Gasteiger partial charge in [0.2, 0.25) is 0 Å². The first-order chi connectivity index (χ1) is 9.72. The van der Waals surface area contributed by atoms with Crippen molar-refractivity contribution in [1.29, 1.82) is 0 Å². The number of nitrogens with one attached hydrogen (secondary N) is 1. The molecule has 1 saturated heterocycles. The van der Waals surface area contributed by atoms with Gasteiger partial charge in [-0.15, -0.1) is 0 Å². The van der Waals surface area contributed by atoms with E-state index in [1.165, 1.54) is 21.9 Å². The van der Waals surface area contributed by atoms with Gasteiger partial charge >= 0.3 is 0 Å². The summed E-state index contributed by atoms with van der Waals surface area (Å²) < 4.78 is 0. The maximum atomic E-state index is 6.38. The number of nitrogens with two attached hydrogens (primary N) is 1. The Labute approximate surface area is 120 Å². The first-order valence-electron chi connectivity index (χ1n) is 7.41. The molecule has 106 valence electrons. The van der Waals surface area contributed by atoms with Crippen LogP contribution in [0.25, 0.3) is 10.8 Å². The van der Waals surface area contributed by atoms with Gasteiger partial charge in [-0.05, 0) is 29.3 Å². The highest BCUT2D eigenvalue weighted by atomic mass is 15.2. The van der Waals surface area contributed by atoms with E-state index in [1.807, 2.05) is 0 Å². The van der Waals surface area contributed by atoms with E-state index >= 15 is 0 Å². The minimum Gasteiger partial charge on any atom is -0.323 e. The molecule has 1 aliphatic rings. The van der Waals surface area contributed by atoms with Crippen LogP contribution >= 0.6 is 0 Å². The van der Waals surface area contributed by atoms with Crippen LogP contribution < -0.4 is 11.1 Å². The van der Waals surface area contributed by atoms with Crippen molar-refractivity contribution in [2.45, 2.75) is 13.0 Å². The highest BCUT2D eigenvalue weighted by Gasteiger charge is 2.14. The minimum atomic E-state index is 0.0961. The summed E-state index contributed by atoms with van der Waals surface area (Å²) in [5.41, 5.74) is 8.92. The Morgan fingerprint density at radius 3 is 2.60 bits per heavy atom. The van der Waals surface area contributed by atoms with Crippen LogP contribution in [0.5, 0.6) is 0 Å². The second kappa shape index (κ2) is 5.92. The maximum absolute atomic E-state index is 6.38. The summed E-state index contributed by atoms with van der Waals surface area (Å²) in [4.78, 5) is 2.44. The summed E-state index contributed by atoms with van der Waals surface area (Å²) in [5.74, 6) is 0. The molecule has 0 aliphatic carbocycles.